The van der Waals surface area contributed by atoms with E-state index in [2.05, 4.69) is 14.8 Å². The van der Waals surface area contributed by atoms with Gasteiger partial charge in [0.1, 0.15) is 18.5 Å². The molecule has 0 amide bonds. The number of benzene rings is 1. The third-order valence-corrected chi connectivity index (χ3v) is 4.83. The third kappa shape index (κ3) is 4.67. The second kappa shape index (κ2) is 7.77. The van der Waals surface area contributed by atoms with Gasteiger partial charge in [0.2, 0.25) is 0 Å². The Labute approximate surface area is 141 Å². The van der Waals surface area contributed by atoms with Crippen LogP contribution in [0.25, 0.3) is 0 Å². The topological polar surface area (TPSA) is 48.8 Å². The molecule has 1 fully saturated rings. The van der Waals surface area contributed by atoms with Crippen molar-refractivity contribution in [1.29, 1.82) is 0 Å². The van der Waals surface area contributed by atoms with Crippen LogP contribution in [0.3, 0.4) is 0 Å². The third-order valence-electron chi connectivity index (χ3n) is 3.99. The van der Waals surface area contributed by atoms with Gasteiger partial charge in [-0.15, -0.1) is 11.3 Å². The molecule has 0 radical (unpaired) electrons. The van der Waals surface area contributed by atoms with E-state index in [1.807, 2.05) is 42.8 Å². The molecule has 0 saturated carbocycles. The Bertz CT molecular complexity index is 580. The lowest BCUT2D eigenvalue weighted by atomic mass is 10.2. The Morgan fingerprint density at radius 2 is 1.96 bits per heavy atom. The average molecular weight is 333 g/mol. The fourth-order valence-corrected chi connectivity index (χ4v) is 3.37. The summed E-state index contributed by atoms with van der Waals surface area (Å²) in [6.07, 6.45) is 1.38. The molecule has 1 aromatic heterocycles. The van der Waals surface area contributed by atoms with Gasteiger partial charge < -0.3 is 14.7 Å². The number of aliphatic hydroxyl groups is 1. The number of hydrogen-bond acceptors (Lipinski definition) is 6. The van der Waals surface area contributed by atoms with Crippen LogP contribution in [0.4, 0.5) is 5.13 Å². The minimum absolute atomic E-state index is 0.329. The minimum atomic E-state index is -0.470. The standard InChI is InChI=1S/C17H23N3O2S/c1-14-2-4-16(5-3-14)22-13-15(21)12-19-7-9-20(10-8-19)17-18-6-11-23-17/h2-6,11,15,21H,7-10,12-13H2,1H3/t15-/m0/s1. The van der Waals surface area contributed by atoms with Crippen molar-refractivity contribution < 1.29 is 9.84 Å². The average Bonchev–Trinajstić information content (AvgIpc) is 3.09. The van der Waals surface area contributed by atoms with Gasteiger partial charge in [-0.3, -0.25) is 4.90 Å². The normalized spacial score (nSPS) is 17.2. The van der Waals surface area contributed by atoms with Gasteiger partial charge >= 0.3 is 0 Å². The summed E-state index contributed by atoms with van der Waals surface area (Å²) in [7, 11) is 0. The molecular formula is C17H23N3O2S. The number of nitrogens with zero attached hydrogens (tertiary/aromatic N) is 3. The van der Waals surface area contributed by atoms with E-state index in [0.29, 0.717) is 13.2 Å². The van der Waals surface area contributed by atoms with Crippen LogP contribution in [-0.2, 0) is 0 Å². The number of thiazole rings is 1. The molecule has 1 aromatic carbocycles. The van der Waals surface area contributed by atoms with Crippen LogP contribution in [0.5, 0.6) is 5.75 Å². The Morgan fingerprint density at radius 3 is 2.61 bits per heavy atom. The predicted molar refractivity (Wildman–Crippen MR) is 93.4 cm³/mol. The van der Waals surface area contributed by atoms with Gasteiger partial charge in [-0.2, -0.15) is 0 Å². The Kier molecular flexibility index (Phi) is 5.48. The van der Waals surface area contributed by atoms with Crippen molar-refractivity contribution in [1.82, 2.24) is 9.88 Å². The molecule has 5 nitrogen and oxygen atoms in total. The maximum atomic E-state index is 10.2. The summed E-state index contributed by atoms with van der Waals surface area (Å²) in [5.74, 6) is 0.809. The van der Waals surface area contributed by atoms with Crippen molar-refractivity contribution in [2.45, 2.75) is 13.0 Å². The fourth-order valence-electron chi connectivity index (χ4n) is 2.67. The highest BCUT2D eigenvalue weighted by Crippen LogP contribution is 2.19. The first-order chi connectivity index (χ1) is 11.2. The molecule has 0 bridgehead atoms. The van der Waals surface area contributed by atoms with Gasteiger partial charge in [-0.1, -0.05) is 17.7 Å². The van der Waals surface area contributed by atoms with E-state index in [-0.39, 0.29) is 0 Å². The quantitative estimate of drug-likeness (QED) is 0.876. The first-order valence-electron chi connectivity index (χ1n) is 7.95. The first kappa shape index (κ1) is 16.2. The summed E-state index contributed by atoms with van der Waals surface area (Å²) in [6.45, 7) is 6.83. The molecule has 2 aromatic rings. The second-order valence-corrected chi connectivity index (χ2v) is 6.75. The summed E-state index contributed by atoms with van der Waals surface area (Å²) in [5, 5.41) is 13.3. The first-order valence-corrected chi connectivity index (χ1v) is 8.83. The molecule has 23 heavy (non-hydrogen) atoms. The lowest BCUT2D eigenvalue weighted by Crippen LogP contribution is -2.49. The van der Waals surface area contributed by atoms with Gasteiger partial charge in [-0.05, 0) is 19.1 Å². The number of aryl methyl sites for hydroxylation is 1. The predicted octanol–water partition coefficient (Wildman–Crippen LogP) is 2.01. The number of aliphatic hydroxyl groups excluding tert-OH is 1. The summed E-state index contributed by atoms with van der Waals surface area (Å²) in [4.78, 5) is 8.94. The zero-order chi connectivity index (χ0) is 16.1. The summed E-state index contributed by atoms with van der Waals surface area (Å²) >= 11 is 1.68. The van der Waals surface area contributed by atoms with Crippen molar-refractivity contribution >= 4 is 16.5 Å². The molecular weight excluding hydrogens is 310 g/mol. The highest BCUT2D eigenvalue weighted by atomic mass is 32.1. The van der Waals surface area contributed by atoms with E-state index in [9.17, 15) is 5.11 Å². The molecule has 1 saturated heterocycles. The number of anilines is 1. The second-order valence-electron chi connectivity index (χ2n) is 5.88. The van der Waals surface area contributed by atoms with E-state index >= 15 is 0 Å². The van der Waals surface area contributed by atoms with Crippen LogP contribution >= 0.6 is 11.3 Å². The van der Waals surface area contributed by atoms with Crippen LogP contribution in [0.15, 0.2) is 35.8 Å². The molecule has 124 valence electrons. The molecule has 0 unspecified atom stereocenters. The van der Waals surface area contributed by atoms with E-state index in [0.717, 1.165) is 37.1 Å². The van der Waals surface area contributed by atoms with Gasteiger partial charge in [0.15, 0.2) is 5.13 Å². The zero-order valence-corrected chi connectivity index (χ0v) is 14.2. The van der Waals surface area contributed by atoms with Gasteiger partial charge in [0.05, 0.1) is 0 Å². The number of aromatic nitrogens is 1. The van der Waals surface area contributed by atoms with E-state index in [1.165, 1.54) is 5.56 Å². The SMILES string of the molecule is Cc1ccc(OC[C@@H](O)CN2CCN(c3nccs3)CC2)cc1. The maximum Gasteiger partial charge on any atom is 0.185 e. The van der Waals surface area contributed by atoms with Crippen LogP contribution in [0.2, 0.25) is 0 Å². The van der Waals surface area contributed by atoms with Crippen LogP contribution in [0.1, 0.15) is 5.56 Å². The molecule has 1 aliphatic rings. The van der Waals surface area contributed by atoms with Crippen molar-refractivity contribution in [2.24, 2.45) is 0 Å². The van der Waals surface area contributed by atoms with Gasteiger partial charge in [-0.25, -0.2) is 4.98 Å². The maximum absolute atomic E-state index is 10.2. The van der Waals surface area contributed by atoms with Crippen LogP contribution < -0.4 is 9.64 Å². The van der Waals surface area contributed by atoms with Crippen LogP contribution in [0, 0.1) is 6.92 Å². The molecule has 6 heteroatoms. The fraction of sp³-hybridized carbons (Fsp3) is 0.471. The van der Waals surface area contributed by atoms with E-state index < -0.39 is 6.10 Å². The molecule has 1 atom stereocenters. The van der Waals surface area contributed by atoms with Crippen LogP contribution in [-0.4, -0.2) is 60.4 Å². The van der Waals surface area contributed by atoms with Crippen molar-refractivity contribution in [3.05, 3.63) is 41.4 Å². The lowest BCUT2D eigenvalue weighted by Gasteiger charge is -2.35. The molecule has 1 aliphatic heterocycles. The highest BCUT2D eigenvalue weighted by molar-refractivity contribution is 7.13. The molecule has 0 spiro atoms. The minimum Gasteiger partial charge on any atom is -0.491 e. The molecule has 0 aliphatic carbocycles. The number of β-amino-alcohol motifs (C(OH)–C–C–N with tert-alkyl or cyclic N) is 1. The van der Waals surface area contributed by atoms with Gasteiger partial charge in [0, 0.05) is 44.3 Å². The molecule has 1 N–H and O–H groups in total. The smallest absolute Gasteiger partial charge is 0.185 e. The van der Waals surface area contributed by atoms with Gasteiger partial charge in [0.25, 0.3) is 0 Å². The Morgan fingerprint density at radius 1 is 1.22 bits per heavy atom. The number of rotatable bonds is 6. The largest absolute Gasteiger partial charge is 0.491 e. The molecule has 3 rings (SSSR count). The van der Waals surface area contributed by atoms with Crippen molar-refractivity contribution in [3.8, 4) is 5.75 Å². The van der Waals surface area contributed by atoms with Crippen molar-refractivity contribution in [3.63, 3.8) is 0 Å². The molecule has 2 heterocycles. The zero-order valence-electron chi connectivity index (χ0n) is 13.4. The monoisotopic (exact) mass is 333 g/mol. The summed E-state index contributed by atoms with van der Waals surface area (Å²) in [6, 6.07) is 7.91. The highest BCUT2D eigenvalue weighted by Gasteiger charge is 2.20. The Balaban J connectivity index is 1.39. The summed E-state index contributed by atoms with van der Waals surface area (Å²) < 4.78 is 5.65. The number of piperazine rings is 1. The summed E-state index contributed by atoms with van der Waals surface area (Å²) in [5.41, 5.74) is 1.20. The lowest BCUT2D eigenvalue weighted by molar-refractivity contribution is 0.0663. The van der Waals surface area contributed by atoms with E-state index in [4.69, 9.17) is 4.74 Å². The van der Waals surface area contributed by atoms with E-state index in [1.54, 1.807) is 11.3 Å². The Hall–Kier alpha value is -1.63. The number of ether oxygens (including phenoxy) is 1. The number of hydrogen-bond donors (Lipinski definition) is 1. The van der Waals surface area contributed by atoms with Crippen molar-refractivity contribution in [2.75, 3.05) is 44.2 Å².